The smallest absolute Gasteiger partial charge is 0.323 e. The summed E-state index contributed by atoms with van der Waals surface area (Å²) < 4.78 is 10.6. The highest BCUT2D eigenvalue weighted by Gasteiger charge is 2.22. The van der Waals surface area contributed by atoms with E-state index in [1.165, 1.54) is 0 Å². The Bertz CT molecular complexity index is 1060. The van der Waals surface area contributed by atoms with Crippen LogP contribution in [0.5, 0.6) is 11.5 Å². The van der Waals surface area contributed by atoms with Gasteiger partial charge in [0.1, 0.15) is 0 Å². The molecule has 1 unspecified atom stereocenters. The Morgan fingerprint density at radius 2 is 1.79 bits per heavy atom. The lowest BCUT2D eigenvalue weighted by Crippen LogP contribution is -3.14. The van der Waals surface area contributed by atoms with Crippen LogP contribution in [-0.2, 0) is 11.2 Å². The molecule has 0 saturated carbocycles. The summed E-state index contributed by atoms with van der Waals surface area (Å²) in [6.45, 7) is 2.68. The molecule has 154 valence electrons. The van der Waals surface area contributed by atoms with Crippen molar-refractivity contribution in [1.82, 2.24) is 9.97 Å². The number of aromatic amines is 2. The van der Waals surface area contributed by atoms with Gasteiger partial charge >= 0.3 is 5.69 Å². The molecule has 0 saturated heterocycles. The normalized spacial score (nSPS) is 13.1. The monoisotopic (exact) mass is 399 g/mol. The van der Waals surface area contributed by atoms with E-state index in [1.54, 1.807) is 32.4 Å². The van der Waals surface area contributed by atoms with Gasteiger partial charge in [-0.25, -0.2) is 4.79 Å². The van der Waals surface area contributed by atoms with Crippen molar-refractivity contribution in [2.75, 3.05) is 33.1 Å². The number of carbonyl (C=O) groups excluding carboxylic acids is 1. The van der Waals surface area contributed by atoms with E-state index in [4.69, 9.17) is 9.47 Å². The third kappa shape index (κ3) is 4.78. The van der Waals surface area contributed by atoms with E-state index in [-0.39, 0.29) is 17.6 Å². The van der Waals surface area contributed by atoms with E-state index in [2.05, 4.69) is 15.3 Å². The van der Waals surface area contributed by atoms with Crippen LogP contribution in [0.25, 0.3) is 11.0 Å². The summed E-state index contributed by atoms with van der Waals surface area (Å²) in [5.74, 6) is 1.32. The molecule has 29 heavy (non-hydrogen) atoms. The summed E-state index contributed by atoms with van der Waals surface area (Å²) in [4.78, 5) is 30.5. The molecule has 8 nitrogen and oxygen atoms in total. The van der Waals surface area contributed by atoms with Crippen molar-refractivity contribution in [1.29, 1.82) is 0 Å². The molecule has 0 spiro atoms. The average Bonchev–Trinajstić information content (AvgIpc) is 3.10. The molecule has 0 bridgehead atoms. The fourth-order valence-electron chi connectivity index (χ4n) is 3.18. The van der Waals surface area contributed by atoms with Crippen molar-refractivity contribution in [3.8, 4) is 11.5 Å². The van der Waals surface area contributed by atoms with Crippen LogP contribution >= 0.6 is 0 Å². The lowest BCUT2D eigenvalue weighted by molar-refractivity contribution is -0.893. The molecule has 0 aliphatic carbocycles. The minimum Gasteiger partial charge on any atom is -0.493 e. The Labute approximate surface area is 168 Å². The zero-order valence-corrected chi connectivity index (χ0v) is 17.1. The second-order valence-electron chi connectivity index (χ2n) is 7.09. The number of carbonyl (C=O) groups is 1. The van der Waals surface area contributed by atoms with Gasteiger partial charge in [-0.1, -0.05) is 6.07 Å². The van der Waals surface area contributed by atoms with Gasteiger partial charge in [-0.2, -0.15) is 0 Å². The van der Waals surface area contributed by atoms with Gasteiger partial charge in [0, 0.05) is 12.1 Å². The predicted octanol–water partition coefficient (Wildman–Crippen LogP) is 0.958. The highest BCUT2D eigenvalue weighted by molar-refractivity contribution is 5.95. The maximum Gasteiger partial charge on any atom is 0.323 e. The van der Waals surface area contributed by atoms with Crippen LogP contribution in [0, 0.1) is 0 Å². The lowest BCUT2D eigenvalue weighted by atomic mass is 10.1. The highest BCUT2D eigenvalue weighted by atomic mass is 16.5. The minimum atomic E-state index is -0.267. The first kappa shape index (κ1) is 20.5. The molecule has 0 fully saturated rings. The molecular weight excluding hydrogens is 372 g/mol. The minimum absolute atomic E-state index is 0.0768. The molecule has 0 radical (unpaired) electrons. The molecule has 1 heterocycles. The number of ether oxygens (including phenoxy) is 2. The van der Waals surface area contributed by atoms with Gasteiger partial charge in [-0.3, -0.25) is 4.79 Å². The number of fused-ring (bicyclic) bond motifs is 1. The number of aromatic nitrogens is 2. The van der Waals surface area contributed by atoms with Gasteiger partial charge in [-0.05, 0) is 42.8 Å². The second-order valence-corrected chi connectivity index (χ2v) is 7.09. The topological polar surface area (TPSA) is 101 Å². The fourth-order valence-corrected chi connectivity index (χ4v) is 3.18. The molecule has 2 atom stereocenters. The number of H-pyrrole nitrogens is 2. The number of likely N-dealkylation sites (N-methyl/N-ethyl adjacent to an activating group) is 1. The SMILES string of the molecule is COc1ccc(CC[NH+](C)[C@H](C)C(=O)Nc2ccc3[nH]c(=O)[nH]c3c2)cc1OC. The first-order valence-electron chi connectivity index (χ1n) is 9.47. The van der Waals surface area contributed by atoms with Crippen LogP contribution in [0.3, 0.4) is 0 Å². The quantitative estimate of drug-likeness (QED) is 0.453. The van der Waals surface area contributed by atoms with Crippen LogP contribution in [0.4, 0.5) is 5.69 Å². The maximum absolute atomic E-state index is 12.6. The number of hydrogen-bond acceptors (Lipinski definition) is 4. The van der Waals surface area contributed by atoms with Crippen molar-refractivity contribution < 1.29 is 19.2 Å². The number of rotatable bonds is 8. The maximum atomic E-state index is 12.6. The third-order valence-corrected chi connectivity index (χ3v) is 5.17. The van der Waals surface area contributed by atoms with Crippen molar-refractivity contribution in [2.24, 2.45) is 0 Å². The highest BCUT2D eigenvalue weighted by Crippen LogP contribution is 2.27. The van der Waals surface area contributed by atoms with E-state index >= 15 is 0 Å². The summed E-state index contributed by atoms with van der Waals surface area (Å²) in [5.41, 5.74) is 2.87. The number of quaternary nitrogens is 1. The molecule has 4 N–H and O–H groups in total. The largest absolute Gasteiger partial charge is 0.493 e. The van der Waals surface area contributed by atoms with E-state index in [1.807, 2.05) is 32.2 Å². The molecule has 3 rings (SSSR count). The molecule has 1 amide bonds. The van der Waals surface area contributed by atoms with Gasteiger partial charge in [0.2, 0.25) is 0 Å². The van der Waals surface area contributed by atoms with Gasteiger partial charge in [0.25, 0.3) is 5.91 Å². The number of nitrogens with one attached hydrogen (secondary N) is 4. The van der Waals surface area contributed by atoms with E-state index < -0.39 is 0 Å². The van der Waals surface area contributed by atoms with E-state index in [9.17, 15) is 9.59 Å². The van der Waals surface area contributed by atoms with Crippen molar-refractivity contribution >= 4 is 22.6 Å². The van der Waals surface area contributed by atoms with Gasteiger partial charge < -0.3 is 29.7 Å². The summed E-state index contributed by atoms with van der Waals surface area (Å²) in [7, 11) is 5.23. The standard InChI is InChI=1S/C21H26N4O4/c1-13(20(26)22-15-6-7-16-17(12-15)24-21(27)23-16)25(2)10-9-14-5-8-18(28-3)19(11-14)29-4/h5-8,11-13H,9-10H2,1-4H3,(H,22,26)(H2,23,24,27)/p+1/t13-/m1/s1. The second kappa shape index (κ2) is 8.83. The summed E-state index contributed by atoms with van der Waals surface area (Å²) >= 11 is 0. The van der Waals surface area contributed by atoms with Crippen LogP contribution in [0.2, 0.25) is 0 Å². The number of amides is 1. The number of benzene rings is 2. The average molecular weight is 399 g/mol. The molecule has 8 heteroatoms. The van der Waals surface area contributed by atoms with Crippen molar-refractivity contribution in [3.63, 3.8) is 0 Å². The van der Waals surface area contributed by atoms with Gasteiger partial charge in [-0.15, -0.1) is 0 Å². The van der Waals surface area contributed by atoms with Crippen LogP contribution in [0.15, 0.2) is 41.2 Å². The zero-order valence-electron chi connectivity index (χ0n) is 17.1. The Balaban J connectivity index is 1.59. The van der Waals surface area contributed by atoms with E-state index in [0.29, 0.717) is 28.2 Å². The molecular formula is C21H27N4O4+. The lowest BCUT2D eigenvalue weighted by Gasteiger charge is -2.21. The molecule has 0 aliphatic rings. The number of methoxy groups -OCH3 is 2. The Hall–Kier alpha value is -3.26. The van der Waals surface area contributed by atoms with E-state index in [0.717, 1.165) is 23.4 Å². The summed E-state index contributed by atoms with van der Waals surface area (Å²) in [6, 6.07) is 10.9. The van der Waals surface area contributed by atoms with Crippen LogP contribution < -0.4 is 25.4 Å². The summed E-state index contributed by atoms with van der Waals surface area (Å²) in [6.07, 6.45) is 0.806. The van der Waals surface area contributed by atoms with Crippen molar-refractivity contribution in [3.05, 3.63) is 52.4 Å². The first-order valence-corrected chi connectivity index (χ1v) is 9.47. The fraction of sp³-hybridized carbons (Fsp3) is 0.333. The zero-order chi connectivity index (χ0) is 21.0. The number of hydrogen-bond donors (Lipinski definition) is 4. The Morgan fingerprint density at radius 1 is 1.07 bits per heavy atom. The van der Waals surface area contributed by atoms with Gasteiger partial charge in [0.15, 0.2) is 17.5 Å². The molecule has 3 aromatic rings. The van der Waals surface area contributed by atoms with Crippen LogP contribution in [-0.4, -0.2) is 49.7 Å². The predicted molar refractivity (Wildman–Crippen MR) is 112 cm³/mol. The Morgan fingerprint density at radius 3 is 2.52 bits per heavy atom. The van der Waals surface area contributed by atoms with Crippen LogP contribution in [0.1, 0.15) is 12.5 Å². The Kier molecular flexibility index (Phi) is 6.23. The first-order chi connectivity index (χ1) is 13.9. The van der Waals surface area contributed by atoms with Gasteiger partial charge in [0.05, 0.1) is 38.8 Å². The number of imidazole rings is 1. The summed E-state index contributed by atoms with van der Waals surface area (Å²) in [5, 5.41) is 2.92. The molecule has 1 aromatic heterocycles. The van der Waals surface area contributed by atoms with Crippen molar-refractivity contribution in [2.45, 2.75) is 19.4 Å². The number of anilines is 1. The molecule has 0 aliphatic heterocycles. The molecule has 2 aromatic carbocycles. The third-order valence-electron chi connectivity index (χ3n) is 5.17.